The van der Waals surface area contributed by atoms with Crippen LogP contribution in [0.15, 0.2) is 42.5 Å². The monoisotopic (exact) mass is 311 g/mol. The van der Waals surface area contributed by atoms with Gasteiger partial charge in [0, 0.05) is 11.3 Å². The van der Waals surface area contributed by atoms with Gasteiger partial charge in [-0.3, -0.25) is 0 Å². The molecule has 2 aromatic rings. The molecule has 0 fully saturated rings. The van der Waals surface area contributed by atoms with Gasteiger partial charge in [-0.25, -0.2) is 0 Å². The second-order valence-electron chi connectivity index (χ2n) is 4.69. The lowest BCUT2D eigenvalue weighted by molar-refractivity contribution is -0.307. The fraction of sp³-hybridized carbons (Fsp3) is 0.176. The Hall–Kier alpha value is -3.20. The average Bonchev–Trinajstić information content (AvgIpc) is 2.59. The van der Waals surface area contributed by atoms with Crippen molar-refractivity contribution in [2.75, 3.05) is 19.5 Å². The van der Waals surface area contributed by atoms with E-state index in [0.717, 1.165) is 0 Å². The SMILES string of the molecule is COc1ccc(OC)c(C(Nc2ccc(C#N)cc2)C(=O)[O-])c1. The van der Waals surface area contributed by atoms with Crippen molar-refractivity contribution in [2.45, 2.75) is 6.04 Å². The minimum atomic E-state index is -1.30. The molecule has 23 heavy (non-hydrogen) atoms. The summed E-state index contributed by atoms with van der Waals surface area (Å²) in [6, 6.07) is 12.2. The van der Waals surface area contributed by atoms with Gasteiger partial charge in [-0.1, -0.05) is 0 Å². The minimum absolute atomic E-state index is 0.385. The quantitative estimate of drug-likeness (QED) is 0.868. The van der Waals surface area contributed by atoms with Crippen molar-refractivity contribution < 1.29 is 19.4 Å². The lowest BCUT2D eigenvalue weighted by Crippen LogP contribution is -2.34. The second-order valence-corrected chi connectivity index (χ2v) is 4.69. The molecular formula is C17H15N2O4-. The lowest BCUT2D eigenvalue weighted by Gasteiger charge is -2.23. The van der Waals surface area contributed by atoms with Gasteiger partial charge < -0.3 is 24.7 Å². The Bertz CT molecular complexity index is 735. The van der Waals surface area contributed by atoms with Crippen molar-refractivity contribution in [1.29, 1.82) is 5.26 Å². The number of carbonyl (C=O) groups is 1. The number of hydrogen-bond donors (Lipinski definition) is 1. The fourth-order valence-electron chi connectivity index (χ4n) is 2.14. The molecule has 0 spiro atoms. The van der Waals surface area contributed by atoms with Crippen LogP contribution >= 0.6 is 0 Å². The van der Waals surface area contributed by atoms with Crippen LogP contribution in [0.25, 0.3) is 0 Å². The molecule has 0 bridgehead atoms. The van der Waals surface area contributed by atoms with E-state index < -0.39 is 12.0 Å². The highest BCUT2D eigenvalue weighted by Crippen LogP contribution is 2.31. The number of nitriles is 1. The zero-order valence-corrected chi connectivity index (χ0v) is 12.7. The number of hydrogen-bond acceptors (Lipinski definition) is 6. The first-order valence-electron chi connectivity index (χ1n) is 6.78. The van der Waals surface area contributed by atoms with Crippen molar-refractivity contribution in [1.82, 2.24) is 0 Å². The van der Waals surface area contributed by atoms with Gasteiger partial charge >= 0.3 is 0 Å². The highest BCUT2D eigenvalue weighted by Gasteiger charge is 2.18. The standard InChI is InChI=1S/C17H16N2O4/c1-22-13-7-8-15(23-2)14(9-13)16(17(20)21)19-12-5-3-11(10-18)4-6-12/h3-9,16,19H,1-2H3,(H,20,21)/p-1. The van der Waals surface area contributed by atoms with Gasteiger partial charge in [0.15, 0.2) is 0 Å². The predicted octanol–water partition coefficient (Wildman–Crippen LogP) is 1.48. The van der Waals surface area contributed by atoms with E-state index in [9.17, 15) is 9.90 Å². The molecule has 0 saturated carbocycles. The van der Waals surface area contributed by atoms with Gasteiger partial charge in [-0.05, 0) is 42.5 Å². The lowest BCUT2D eigenvalue weighted by atomic mass is 10.0. The van der Waals surface area contributed by atoms with Crippen LogP contribution in [0.2, 0.25) is 0 Å². The Morgan fingerprint density at radius 3 is 2.39 bits per heavy atom. The number of anilines is 1. The van der Waals surface area contributed by atoms with Crippen LogP contribution in [0.4, 0.5) is 5.69 Å². The first-order valence-corrected chi connectivity index (χ1v) is 6.78. The number of nitrogens with zero attached hydrogens (tertiary/aromatic N) is 1. The number of carboxylic acid groups (broad SMARTS) is 1. The topological polar surface area (TPSA) is 94.4 Å². The van der Waals surface area contributed by atoms with E-state index in [1.807, 2.05) is 6.07 Å². The van der Waals surface area contributed by atoms with Gasteiger partial charge in [0.05, 0.1) is 37.9 Å². The van der Waals surface area contributed by atoms with Crippen LogP contribution in [-0.2, 0) is 4.79 Å². The van der Waals surface area contributed by atoms with Crippen molar-refractivity contribution >= 4 is 11.7 Å². The molecule has 0 aliphatic heterocycles. The van der Waals surface area contributed by atoms with Crippen LogP contribution in [0.3, 0.4) is 0 Å². The Kier molecular flexibility index (Phi) is 5.05. The summed E-state index contributed by atoms with van der Waals surface area (Å²) < 4.78 is 10.4. The van der Waals surface area contributed by atoms with Gasteiger partial charge in [0.1, 0.15) is 11.5 Å². The molecule has 2 aromatic carbocycles. The highest BCUT2D eigenvalue weighted by atomic mass is 16.5. The summed E-state index contributed by atoms with van der Waals surface area (Å²) in [5.41, 5.74) is 1.42. The zero-order chi connectivity index (χ0) is 16.8. The van der Waals surface area contributed by atoms with E-state index >= 15 is 0 Å². The maximum absolute atomic E-state index is 11.6. The zero-order valence-electron chi connectivity index (χ0n) is 12.7. The summed E-state index contributed by atoms with van der Waals surface area (Å²) in [7, 11) is 2.95. The largest absolute Gasteiger partial charge is 0.548 e. The number of carbonyl (C=O) groups excluding carboxylic acids is 1. The minimum Gasteiger partial charge on any atom is -0.548 e. The number of methoxy groups -OCH3 is 2. The average molecular weight is 311 g/mol. The Morgan fingerprint density at radius 1 is 1.17 bits per heavy atom. The third-order valence-electron chi connectivity index (χ3n) is 3.31. The molecule has 0 aromatic heterocycles. The van der Waals surface area contributed by atoms with Crippen molar-refractivity contribution in [3.63, 3.8) is 0 Å². The Balaban J connectivity index is 2.38. The molecule has 0 radical (unpaired) electrons. The number of rotatable bonds is 6. The Morgan fingerprint density at radius 2 is 1.87 bits per heavy atom. The molecule has 118 valence electrons. The number of nitrogens with one attached hydrogen (secondary N) is 1. The maximum atomic E-state index is 11.6. The molecule has 1 unspecified atom stereocenters. The van der Waals surface area contributed by atoms with E-state index in [0.29, 0.717) is 28.3 Å². The molecule has 0 saturated heterocycles. The first-order chi connectivity index (χ1) is 11.1. The summed E-state index contributed by atoms with van der Waals surface area (Å²) in [6.45, 7) is 0. The molecular weight excluding hydrogens is 296 g/mol. The van der Waals surface area contributed by atoms with Gasteiger partial charge in [-0.2, -0.15) is 5.26 Å². The third-order valence-corrected chi connectivity index (χ3v) is 3.31. The number of aliphatic carboxylic acids is 1. The summed E-state index contributed by atoms with van der Waals surface area (Å²) in [6.07, 6.45) is 0. The van der Waals surface area contributed by atoms with E-state index in [4.69, 9.17) is 14.7 Å². The molecule has 6 nitrogen and oxygen atoms in total. The summed E-state index contributed by atoms with van der Waals surface area (Å²) in [5.74, 6) is -0.393. The molecule has 1 N–H and O–H groups in total. The van der Waals surface area contributed by atoms with Crippen LogP contribution in [-0.4, -0.2) is 20.2 Å². The molecule has 0 aliphatic carbocycles. The van der Waals surface area contributed by atoms with E-state index in [1.54, 1.807) is 42.5 Å². The second kappa shape index (κ2) is 7.18. The van der Waals surface area contributed by atoms with Crippen LogP contribution in [0.5, 0.6) is 11.5 Å². The first kappa shape index (κ1) is 16.2. The predicted molar refractivity (Wildman–Crippen MR) is 82.1 cm³/mol. The molecule has 6 heteroatoms. The van der Waals surface area contributed by atoms with E-state index in [2.05, 4.69) is 5.32 Å². The molecule has 1 atom stereocenters. The van der Waals surface area contributed by atoms with Gasteiger partial charge in [-0.15, -0.1) is 0 Å². The van der Waals surface area contributed by atoms with Gasteiger partial charge in [0.2, 0.25) is 0 Å². The summed E-state index contributed by atoms with van der Waals surface area (Å²) in [5, 5.41) is 23.2. The molecule has 2 rings (SSSR count). The summed E-state index contributed by atoms with van der Waals surface area (Å²) >= 11 is 0. The fourth-order valence-corrected chi connectivity index (χ4v) is 2.14. The van der Waals surface area contributed by atoms with E-state index in [-0.39, 0.29) is 0 Å². The van der Waals surface area contributed by atoms with Crippen molar-refractivity contribution in [2.24, 2.45) is 0 Å². The van der Waals surface area contributed by atoms with Crippen molar-refractivity contribution in [3.05, 3.63) is 53.6 Å². The molecule has 0 heterocycles. The normalized spacial score (nSPS) is 11.2. The van der Waals surface area contributed by atoms with Gasteiger partial charge in [0.25, 0.3) is 0 Å². The molecule has 0 aliphatic rings. The summed E-state index contributed by atoms with van der Waals surface area (Å²) in [4.78, 5) is 11.6. The molecule has 0 amide bonds. The maximum Gasteiger partial charge on any atom is 0.124 e. The number of ether oxygens (including phenoxy) is 2. The third kappa shape index (κ3) is 3.71. The van der Waals surface area contributed by atoms with Crippen LogP contribution < -0.4 is 19.9 Å². The van der Waals surface area contributed by atoms with Crippen LogP contribution in [0.1, 0.15) is 17.2 Å². The van der Waals surface area contributed by atoms with Crippen molar-refractivity contribution in [3.8, 4) is 17.6 Å². The smallest absolute Gasteiger partial charge is 0.124 e. The number of carboxylic acids is 1. The highest BCUT2D eigenvalue weighted by molar-refractivity contribution is 5.79. The number of benzene rings is 2. The van der Waals surface area contributed by atoms with E-state index in [1.165, 1.54) is 14.2 Å². The Labute approximate surface area is 133 Å². The van der Waals surface area contributed by atoms with Crippen LogP contribution in [0, 0.1) is 11.3 Å².